The molecule has 0 bridgehead atoms. The van der Waals surface area contributed by atoms with Crippen molar-refractivity contribution in [2.75, 3.05) is 0 Å². The maximum atomic E-state index is 8.36. The van der Waals surface area contributed by atoms with Gasteiger partial charge in [0.25, 0.3) is 5.09 Å². The summed E-state index contributed by atoms with van der Waals surface area (Å²) in [6.07, 6.45) is 2.89. The number of amidine groups is 1. The standard InChI is InChI=1S/C8H14N2.HNO3/c1-4-8-9-6(2)5-7(3)10-8;2-1(3)4/h4,6-7H,1,5H2,2-3H3,(H,9,10);(H,2,3,4). The summed E-state index contributed by atoms with van der Waals surface area (Å²) in [6.45, 7) is 7.95. The van der Waals surface area contributed by atoms with Crippen LogP contribution in [0.4, 0.5) is 0 Å². The van der Waals surface area contributed by atoms with Gasteiger partial charge in [-0.3, -0.25) is 4.99 Å². The summed E-state index contributed by atoms with van der Waals surface area (Å²) in [5, 5.41) is 16.9. The third kappa shape index (κ3) is 5.99. The molecule has 0 aromatic heterocycles. The monoisotopic (exact) mass is 201 g/mol. The van der Waals surface area contributed by atoms with Crippen molar-refractivity contribution in [2.24, 2.45) is 4.99 Å². The molecule has 0 aromatic carbocycles. The Morgan fingerprint density at radius 2 is 2.29 bits per heavy atom. The Morgan fingerprint density at radius 3 is 2.64 bits per heavy atom. The molecular formula is C8H15N3O3. The zero-order chi connectivity index (χ0) is 11.1. The first-order valence-electron chi connectivity index (χ1n) is 4.25. The van der Waals surface area contributed by atoms with Gasteiger partial charge in [0.1, 0.15) is 5.84 Å². The van der Waals surface area contributed by atoms with Crippen molar-refractivity contribution in [3.05, 3.63) is 22.8 Å². The third-order valence-electron chi connectivity index (χ3n) is 1.64. The lowest BCUT2D eigenvalue weighted by atomic mass is 10.1. The van der Waals surface area contributed by atoms with Gasteiger partial charge in [-0.25, -0.2) is 0 Å². The fourth-order valence-corrected chi connectivity index (χ4v) is 1.26. The van der Waals surface area contributed by atoms with Gasteiger partial charge >= 0.3 is 0 Å². The quantitative estimate of drug-likeness (QED) is 0.489. The molecule has 80 valence electrons. The molecule has 0 amide bonds. The summed E-state index contributed by atoms with van der Waals surface area (Å²) >= 11 is 0. The second-order valence-corrected chi connectivity index (χ2v) is 3.09. The van der Waals surface area contributed by atoms with Gasteiger partial charge in [-0.05, 0) is 26.3 Å². The summed E-state index contributed by atoms with van der Waals surface area (Å²) in [5.74, 6) is 0.936. The number of nitrogens with zero attached hydrogens (tertiary/aromatic N) is 2. The molecule has 0 aliphatic carbocycles. The van der Waals surface area contributed by atoms with E-state index in [9.17, 15) is 0 Å². The van der Waals surface area contributed by atoms with Crippen molar-refractivity contribution < 1.29 is 10.3 Å². The highest BCUT2D eigenvalue weighted by molar-refractivity contribution is 5.93. The molecule has 2 N–H and O–H groups in total. The van der Waals surface area contributed by atoms with E-state index in [2.05, 4.69) is 30.7 Å². The minimum absolute atomic E-state index is 0.448. The lowest BCUT2D eigenvalue weighted by Crippen LogP contribution is -2.38. The first-order chi connectivity index (χ1) is 6.45. The minimum Gasteiger partial charge on any atom is -0.368 e. The number of rotatable bonds is 1. The largest absolute Gasteiger partial charge is 0.368 e. The Kier molecular flexibility index (Phi) is 5.28. The maximum Gasteiger partial charge on any atom is 0.291 e. The summed E-state index contributed by atoms with van der Waals surface area (Å²) in [4.78, 5) is 12.7. The van der Waals surface area contributed by atoms with Crippen LogP contribution in [0.3, 0.4) is 0 Å². The van der Waals surface area contributed by atoms with Crippen molar-refractivity contribution in [3.63, 3.8) is 0 Å². The third-order valence-corrected chi connectivity index (χ3v) is 1.64. The van der Waals surface area contributed by atoms with Gasteiger partial charge in [-0.1, -0.05) is 6.58 Å². The van der Waals surface area contributed by atoms with Gasteiger partial charge in [-0.2, -0.15) is 0 Å². The lowest BCUT2D eigenvalue weighted by molar-refractivity contribution is -0.742. The maximum absolute atomic E-state index is 8.36. The number of hydrogen-bond acceptors (Lipinski definition) is 4. The van der Waals surface area contributed by atoms with Crippen LogP contribution in [-0.4, -0.2) is 28.2 Å². The predicted octanol–water partition coefficient (Wildman–Crippen LogP) is 0.993. The summed E-state index contributed by atoms with van der Waals surface area (Å²) in [5.41, 5.74) is 0. The fraction of sp³-hybridized carbons (Fsp3) is 0.625. The topological polar surface area (TPSA) is 87.8 Å². The van der Waals surface area contributed by atoms with Gasteiger partial charge in [0.05, 0.1) is 6.04 Å². The highest BCUT2D eigenvalue weighted by atomic mass is 16.9. The first kappa shape index (κ1) is 12.4. The van der Waals surface area contributed by atoms with Gasteiger partial charge in [0.15, 0.2) is 0 Å². The zero-order valence-corrected chi connectivity index (χ0v) is 8.30. The molecule has 0 aromatic rings. The molecule has 0 fully saturated rings. The van der Waals surface area contributed by atoms with Gasteiger partial charge in [0, 0.05) is 6.04 Å². The van der Waals surface area contributed by atoms with E-state index in [0.717, 1.165) is 12.3 Å². The van der Waals surface area contributed by atoms with E-state index in [1.54, 1.807) is 6.08 Å². The SMILES string of the molecule is C=CC1=NC(C)CC(C)N1.O=[N+]([O-])O. The zero-order valence-electron chi connectivity index (χ0n) is 8.30. The van der Waals surface area contributed by atoms with Crippen LogP contribution in [0.5, 0.6) is 0 Å². The average molecular weight is 201 g/mol. The first-order valence-corrected chi connectivity index (χ1v) is 4.25. The Balaban J connectivity index is 0.000000364. The molecule has 6 heteroatoms. The van der Waals surface area contributed by atoms with Gasteiger partial charge < -0.3 is 10.5 Å². The molecule has 14 heavy (non-hydrogen) atoms. The molecule has 0 saturated heterocycles. The van der Waals surface area contributed by atoms with Crippen LogP contribution >= 0.6 is 0 Å². The van der Waals surface area contributed by atoms with Gasteiger partial charge in [-0.15, -0.1) is 10.1 Å². The summed E-state index contributed by atoms with van der Waals surface area (Å²) in [6, 6.07) is 0.991. The van der Waals surface area contributed by atoms with Crippen molar-refractivity contribution >= 4 is 5.84 Å². The van der Waals surface area contributed by atoms with Crippen molar-refractivity contribution in [3.8, 4) is 0 Å². The van der Waals surface area contributed by atoms with E-state index in [0.29, 0.717) is 12.1 Å². The number of nitrogens with one attached hydrogen (secondary N) is 1. The van der Waals surface area contributed by atoms with Crippen molar-refractivity contribution in [1.29, 1.82) is 0 Å². The fourth-order valence-electron chi connectivity index (χ4n) is 1.26. The van der Waals surface area contributed by atoms with Crippen LogP contribution in [0, 0.1) is 10.1 Å². The van der Waals surface area contributed by atoms with E-state index in [1.807, 2.05) is 0 Å². The van der Waals surface area contributed by atoms with E-state index in [-0.39, 0.29) is 0 Å². The second kappa shape index (κ2) is 5.95. The molecule has 1 aliphatic heterocycles. The normalized spacial score (nSPS) is 24.9. The van der Waals surface area contributed by atoms with Crippen LogP contribution in [0.1, 0.15) is 20.3 Å². The van der Waals surface area contributed by atoms with Crippen LogP contribution in [0.15, 0.2) is 17.6 Å². The molecule has 2 atom stereocenters. The molecule has 2 unspecified atom stereocenters. The Morgan fingerprint density at radius 1 is 1.79 bits per heavy atom. The van der Waals surface area contributed by atoms with Gasteiger partial charge in [0.2, 0.25) is 0 Å². The van der Waals surface area contributed by atoms with E-state index in [1.165, 1.54) is 0 Å². The highest BCUT2D eigenvalue weighted by Gasteiger charge is 2.13. The molecule has 0 spiro atoms. The lowest BCUT2D eigenvalue weighted by Gasteiger charge is -2.23. The molecule has 6 nitrogen and oxygen atoms in total. The molecule has 0 radical (unpaired) electrons. The molecule has 1 rings (SSSR count). The Bertz CT molecular complexity index is 236. The minimum atomic E-state index is -1.50. The Hall–Kier alpha value is -1.59. The number of aliphatic imine (C=N–C) groups is 1. The molecular weight excluding hydrogens is 186 g/mol. The average Bonchev–Trinajstić information content (AvgIpc) is 2.01. The highest BCUT2D eigenvalue weighted by Crippen LogP contribution is 2.07. The van der Waals surface area contributed by atoms with Crippen molar-refractivity contribution in [2.45, 2.75) is 32.4 Å². The Labute approximate surface area is 82.5 Å². The molecule has 0 saturated carbocycles. The smallest absolute Gasteiger partial charge is 0.291 e. The molecule has 1 aliphatic rings. The van der Waals surface area contributed by atoms with Crippen LogP contribution in [0.25, 0.3) is 0 Å². The summed E-state index contributed by atoms with van der Waals surface area (Å²) < 4.78 is 0. The van der Waals surface area contributed by atoms with Crippen LogP contribution < -0.4 is 5.32 Å². The predicted molar refractivity (Wildman–Crippen MR) is 53.1 cm³/mol. The van der Waals surface area contributed by atoms with Crippen LogP contribution in [0.2, 0.25) is 0 Å². The number of hydrogen-bond donors (Lipinski definition) is 2. The van der Waals surface area contributed by atoms with Crippen molar-refractivity contribution in [1.82, 2.24) is 5.32 Å². The summed E-state index contributed by atoms with van der Waals surface area (Å²) in [7, 11) is 0. The van der Waals surface area contributed by atoms with E-state index >= 15 is 0 Å². The van der Waals surface area contributed by atoms with E-state index < -0.39 is 5.09 Å². The van der Waals surface area contributed by atoms with Crippen LogP contribution in [-0.2, 0) is 0 Å². The van der Waals surface area contributed by atoms with E-state index in [4.69, 9.17) is 15.3 Å². The molecule has 1 heterocycles. The second-order valence-electron chi connectivity index (χ2n) is 3.09.